The quantitative estimate of drug-likeness (QED) is 0.873. The van der Waals surface area contributed by atoms with E-state index in [4.69, 9.17) is 0 Å². The van der Waals surface area contributed by atoms with E-state index in [0.717, 1.165) is 6.42 Å². The van der Waals surface area contributed by atoms with Crippen molar-refractivity contribution in [1.82, 2.24) is 10.2 Å². The second-order valence-electron chi connectivity index (χ2n) is 4.06. The highest BCUT2D eigenvalue weighted by atomic mass is 32.1. The van der Waals surface area contributed by atoms with Crippen LogP contribution >= 0.6 is 11.3 Å². The molecule has 92 valence electrons. The molecule has 0 saturated carbocycles. The number of nitrogens with one attached hydrogen (secondary N) is 1. The van der Waals surface area contributed by atoms with Crippen molar-refractivity contribution in [3.05, 3.63) is 22.4 Å². The number of hydrogen-bond donors (Lipinski definition) is 1. The van der Waals surface area contributed by atoms with Crippen molar-refractivity contribution in [2.24, 2.45) is 0 Å². The molecule has 0 spiro atoms. The smallest absolute Gasteiger partial charge is 0.223 e. The zero-order valence-electron chi connectivity index (χ0n) is 9.65. The van der Waals surface area contributed by atoms with Gasteiger partial charge in [0.15, 0.2) is 0 Å². The van der Waals surface area contributed by atoms with Crippen molar-refractivity contribution < 1.29 is 9.59 Å². The van der Waals surface area contributed by atoms with Crippen molar-refractivity contribution in [3.8, 4) is 0 Å². The maximum absolute atomic E-state index is 11.9. The number of thiophene rings is 1. The minimum absolute atomic E-state index is 0.0403. The molecule has 2 heterocycles. The van der Waals surface area contributed by atoms with E-state index in [-0.39, 0.29) is 11.8 Å². The van der Waals surface area contributed by atoms with Crippen LogP contribution in [0.3, 0.4) is 0 Å². The van der Waals surface area contributed by atoms with Crippen molar-refractivity contribution in [3.63, 3.8) is 0 Å². The van der Waals surface area contributed by atoms with Gasteiger partial charge < -0.3 is 10.2 Å². The third-order valence-electron chi connectivity index (χ3n) is 2.83. The molecule has 1 fully saturated rings. The third kappa shape index (κ3) is 3.56. The maximum atomic E-state index is 11.9. The predicted molar refractivity (Wildman–Crippen MR) is 66.8 cm³/mol. The summed E-state index contributed by atoms with van der Waals surface area (Å²) >= 11 is 1.68. The van der Waals surface area contributed by atoms with Crippen LogP contribution < -0.4 is 5.32 Å². The molecule has 5 heteroatoms. The molecular formula is C12H16N2O2S. The van der Waals surface area contributed by atoms with E-state index < -0.39 is 0 Å². The van der Waals surface area contributed by atoms with Crippen molar-refractivity contribution in [2.75, 3.05) is 19.6 Å². The normalized spacial score (nSPS) is 16.5. The van der Waals surface area contributed by atoms with Crippen LogP contribution in [-0.2, 0) is 16.0 Å². The van der Waals surface area contributed by atoms with E-state index in [1.54, 1.807) is 16.2 Å². The standard InChI is InChI=1S/C12H16N2O2S/c15-11-5-7-14(8-6-13-11)12(16)4-3-10-2-1-9-17-10/h1-2,9H,3-8H2,(H,13,15). The van der Waals surface area contributed by atoms with Crippen molar-refractivity contribution in [1.29, 1.82) is 0 Å². The predicted octanol–water partition coefficient (Wildman–Crippen LogP) is 1.03. The van der Waals surface area contributed by atoms with Gasteiger partial charge >= 0.3 is 0 Å². The Morgan fingerprint density at radius 1 is 1.47 bits per heavy atom. The summed E-state index contributed by atoms with van der Waals surface area (Å²) in [6, 6.07) is 4.05. The second kappa shape index (κ2) is 5.82. The molecule has 0 aliphatic carbocycles. The molecular weight excluding hydrogens is 236 g/mol. The molecule has 2 rings (SSSR count). The van der Waals surface area contributed by atoms with Crippen LogP contribution in [0.1, 0.15) is 17.7 Å². The van der Waals surface area contributed by atoms with E-state index >= 15 is 0 Å². The molecule has 0 aromatic carbocycles. The van der Waals surface area contributed by atoms with Crippen LogP contribution in [0.15, 0.2) is 17.5 Å². The largest absolute Gasteiger partial charge is 0.354 e. The van der Waals surface area contributed by atoms with Crippen LogP contribution in [-0.4, -0.2) is 36.3 Å². The third-order valence-corrected chi connectivity index (χ3v) is 3.77. The topological polar surface area (TPSA) is 49.4 Å². The molecule has 1 aliphatic rings. The average Bonchev–Trinajstić information content (AvgIpc) is 2.74. The molecule has 1 aromatic rings. The molecule has 0 atom stereocenters. The number of carbonyl (C=O) groups is 2. The number of hydrogen-bond acceptors (Lipinski definition) is 3. The second-order valence-corrected chi connectivity index (χ2v) is 5.09. The highest BCUT2D eigenvalue weighted by Gasteiger charge is 2.17. The molecule has 0 unspecified atom stereocenters. The van der Waals surface area contributed by atoms with Crippen LogP contribution in [0.5, 0.6) is 0 Å². The maximum Gasteiger partial charge on any atom is 0.223 e. The molecule has 1 saturated heterocycles. The SMILES string of the molecule is O=C1CCN(C(=O)CCc2cccs2)CCN1. The van der Waals surface area contributed by atoms with E-state index in [1.165, 1.54) is 4.88 Å². The summed E-state index contributed by atoms with van der Waals surface area (Å²) in [6.07, 6.45) is 1.76. The van der Waals surface area contributed by atoms with Gasteiger partial charge in [0.05, 0.1) is 0 Å². The zero-order chi connectivity index (χ0) is 12.1. The average molecular weight is 252 g/mol. The van der Waals surface area contributed by atoms with Gasteiger partial charge in [0.1, 0.15) is 0 Å². The molecule has 1 N–H and O–H groups in total. The van der Waals surface area contributed by atoms with E-state index in [9.17, 15) is 9.59 Å². The number of rotatable bonds is 3. The fraction of sp³-hybridized carbons (Fsp3) is 0.500. The first-order chi connectivity index (χ1) is 8.25. The molecule has 17 heavy (non-hydrogen) atoms. The number of nitrogens with zero attached hydrogens (tertiary/aromatic N) is 1. The summed E-state index contributed by atoms with van der Waals surface area (Å²) in [6.45, 7) is 1.76. The van der Waals surface area contributed by atoms with Crippen molar-refractivity contribution >= 4 is 23.2 Å². The van der Waals surface area contributed by atoms with Gasteiger partial charge in [-0.25, -0.2) is 0 Å². The van der Waals surface area contributed by atoms with Crippen LogP contribution in [0, 0.1) is 0 Å². The molecule has 1 aliphatic heterocycles. The van der Waals surface area contributed by atoms with Gasteiger partial charge in [-0.1, -0.05) is 6.07 Å². The molecule has 4 nitrogen and oxygen atoms in total. The first-order valence-electron chi connectivity index (χ1n) is 5.82. The van der Waals surface area contributed by atoms with Gasteiger partial charge in [0.25, 0.3) is 0 Å². The lowest BCUT2D eigenvalue weighted by Crippen LogP contribution is -2.34. The van der Waals surface area contributed by atoms with E-state index in [2.05, 4.69) is 5.32 Å². The lowest BCUT2D eigenvalue weighted by Gasteiger charge is -2.19. The zero-order valence-corrected chi connectivity index (χ0v) is 10.5. The van der Waals surface area contributed by atoms with E-state index in [0.29, 0.717) is 32.5 Å². The Morgan fingerprint density at radius 3 is 3.12 bits per heavy atom. The molecule has 0 radical (unpaired) electrons. The number of aryl methyl sites for hydroxylation is 1. The molecule has 1 aromatic heterocycles. The minimum atomic E-state index is 0.0403. The van der Waals surface area contributed by atoms with E-state index in [1.807, 2.05) is 17.5 Å². The van der Waals surface area contributed by atoms with Gasteiger partial charge in [0, 0.05) is 37.4 Å². The summed E-state index contributed by atoms with van der Waals surface area (Å²) < 4.78 is 0. The number of amides is 2. The first-order valence-corrected chi connectivity index (χ1v) is 6.70. The van der Waals surface area contributed by atoms with Crippen LogP contribution in [0.2, 0.25) is 0 Å². The minimum Gasteiger partial charge on any atom is -0.354 e. The monoisotopic (exact) mass is 252 g/mol. The summed E-state index contributed by atoms with van der Waals surface area (Å²) in [5, 5.41) is 4.79. The Balaban J connectivity index is 1.80. The summed E-state index contributed by atoms with van der Waals surface area (Å²) in [4.78, 5) is 26.1. The van der Waals surface area contributed by atoms with Gasteiger partial charge in [-0.15, -0.1) is 11.3 Å². The van der Waals surface area contributed by atoms with Gasteiger partial charge in [-0.2, -0.15) is 0 Å². The fourth-order valence-corrected chi connectivity index (χ4v) is 2.57. The summed E-state index contributed by atoms with van der Waals surface area (Å²) in [5.74, 6) is 0.188. The lowest BCUT2D eigenvalue weighted by atomic mass is 10.2. The van der Waals surface area contributed by atoms with Gasteiger partial charge in [-0.05, 0) is 17.9 Å². The van der Waals surface area contributed by atoms with Crippen LogP contribution in [0.25, 0.3) is 0 Å². The number of carbonyl (C=O) groups excluding carboxylic acids is 2. The fourth-order valence-electron chi connectivity index (χ4n) is 1.86. The Bertz CT molecular complexity index is 389. The van der Waals surface area contributed by atoms with Gasteiger partial charge in [-0.3, -0.25) is 9.59 Å². The van der Waals surface area contributed by atoms with Gasteiger partial charge in [0.2, 0.25) is 11.8 Å². The molecule has 0 bridgehead atoms. The Kier molecular flexibility index (Phi) is 4.14. The first kappa shape index (κ1) is 12.1. The Morgan fingerprint density at radius 2 is 2.35 bits per heavy atom. The highest BCUT2D eigenvalue weighted by molar-refractivity contribution is 7.09. The Labute approximate surface area is 105 Å². The van der Waals surface area contributed by atoms with Crippen molar-refractivity contribution in [2.45, 2.75) is 19.3 Å². The molecule has 2 amide bonds. The van der Waals surface area contributed by atoms with Crippen LogP contribution in [0.4, 0.5) is 0 Å². The lowest BCUT2D eigenvalue weighted by molar-refractivity contribution is -0.131. The highest BCUT2D eigenvalue weighted by Crippen LogP contribution is 2.12. The Hall–Kier alpha value is -1.36. The summed E-state index contributed by atoms with van der Waals surface area (Å²) in [7, 11) is 0. The summed E-state index contributed by atoms with van der Waals surface area (Å²) in [5.41, 5.74) is 0.